The van der Waals surface area contributed by atoms with Gasteiger partial charge in [0.05, 0.1) is 12.8 Å². The molecular formula is C20H26N4O. The molecule has 3 aromatic rings. The standard InChI is InChI=1S/C20H26N4O/c1-6-7-8-9-25-20-23-16(5)22-19-17(12-21-24(19)20)18-14(3)10-13(2)11-15(18)4/h10-12H,6-9H2,1-5H3. The van der Waals surface area contributed by atoms with E-state index < -0.39 is 0 Å². The minimum atomic E-state index is 0.521. The van der Waals surface area contributed by atoms with E-state index in [2.05, 4.69) is 54.9 Å². The topological polar surface area (TPSA) is 52.3 Å². The van der Waals surface area contributed by atoms with Crippen LogP contribution in [0.15, 0.2) is 18.3 Å². The molecule has 0 unspecified atom stereocenters. The van der Waals surface area contributed by atoms with Crippen molar-refractivity contribution in [2.45, 2.75) is 53.9 Å². The summed E-state index contributed by atoms with van der Waals surface area (Å²) in [5.74, 6) is 0.696. The summed E-state index contributed by atoms with van der Waals surface area (Å²) in [5.41, 5.74) is 6.74. The number of benzene rings is 1. The number of hydrogen-bond donors (Lipinski definition) is 0. The van der Waals surface area contributed by atoms with Crippen LogP contribution in [0.5, 0.6) is 6.01 Å². The number of nitrogens with zero attached hydrogens (tertiary/aromatic N) is 4. The van der Waals surface area contributed by atoms with Crippen LogP contribution in [0, 0.1) is 27.7 Å². The summed E-state index contributed by atoms with van der Waals surface area (Å²) in [4.78, 5) is 9.06. The summed E-state index contributed by atoms with van der Waals surface area (Å²) >= 11 is 0. The first-order valence-corrected chi connectivity index (χ1v) is 8.94. The van der Waals surface area contributed by atoms with Gasteiger partial charge in [0.2, 0.25) is 0 Å². The maximum atomic E-state index is 5.88. The fourth-order valence-corrected chi connectivity index (χ4v) is 3.34. The molecule has 0 aliphatic rings. The first-order valence-electron chi connectivity index (χ1n) is 8.94. The number of unbranched alkanes of at least 4 members (excludes halogenated alkanes) is 2. The maximum absolute atomic E-state index is 5.88. The van der Waals surface area contributed by atoms with Crippen LogP contribution >= 0.6 is 0 Å². The van der Waals surface area contributed by atoms with E-state index in [1.807, 2.05) is 13.1 Å². The molecule has 0 bridgehead atoms. The summed E-state index contributed by atoms with van der Waals surface area (Å²) in [6.07, 6.45) is 5.21. The fourth-order valence-electron chi connectivity index (χ4n) is 3.34. The molecule has 0 aliphatic carbocycles. The third kappa shape index (κ3) is 3.50. The van der Waals surface area contributed by atoms with Gasteiger partial charge < -0.3 is 4.74 Å². The lowest BCUT2D eigenvalue weighted by Crippen LogP contribution is -2.07. The predicted molar refractivity (Wildman–Crippen MR) is 100 cm³/mol. The highest BCUT2D eigenvalue weighted by molar-refractivity contribution is 5.81. The summed E-state index contributed by atoms with van der Waals surface area (Å²) in [6.45, 7) is 11.1. The van der Waals surface area contributed by atoms with Gasteiger partial charge in [0.25, 0.3) is 0 Å². The van der Waals surface area contributed by atoms with Crippen molar-refractivity contribution in [3.63, 3.8) is 0 Å². The van der Waals surface area contributed by atoms with Crippen molar-refractivity contribution in [3.05, 3.63) is 40.8 Å². The molecule has 2 aromatic heterocycles. The molecule has 1 aromatic carbocycles. The van der Waals surface area contributed by atoms with Crippen LogP contribution in [0.25, 0.3) is 16.8 Å². The molecule has 0 fully saturated rings. The number of ether oxygens (including phenoxy) is 1. The third-order valence-electron chi connectivity index (χ3n) is 4.38. The van der Waals surface area contributed by atoms with Crippen LogP contribution in [0.1, 0.15) is 48.7 Å². The van der Waals surface area contributed by atoms with Gasteiger partial charge in [-0.15, -0.1) is 0 Å². The smallest absolute Gasteiger partial charge is 0.321 e. The monoisotopic (exact) mass is 338 g/mol. The summed E-state index contributed by atoms with van der Waals surface area (Å²) in [5, 5.41) is 4.51. The van der Waals surface area contributed by atoms with Gasteiger partial charge >= 0.3 is 6.01 Å². The van der Waals surface area contributed by atoms with Crippen molar-refractivity contribution in [2.75, 3.05) is 6.61 Å². The largest absolute Gasteiger partial charge is 0.463 e. The summed E-state index contributed by atoms with van der Waals surface area (Å²) < 4.78 is 7.60. The van der Waals surface area contributed by atoms with Gasteiger partial charge in [-0.25, -0.2) is 4.98 Å². The zero-order valence-corrected chi connectivity index (χ0v) is 15.8. The van der Waals surface area contributed by atoms with E-state index in [-0.39, 0.29) is 0 Å². The Labute approximate surface area is 149 Å². The summed E-state index contributed by atoms with van der Waals surface area (Å²) in [7, 11) is 0. The Kier molecular flexibility index (Phi) is 5.02. The van der Waals surface area contributed by atoms with Crippen molar-refractivity contribution < 1.29 is 4.74 Å². The van der Waals surface area contributed by atoms with Crippen LogP contribution in [-0.2, 0) is 0 Å². The Hall–Kier alpha value is -2.43. The quantitative estimate of drug-likeness (QED) is 0.617. The van der Waals surface area contributed by atoms with E-state index in [1.165, 1.54) is 28.7 Å². The lowest BCUT2D eigenvalue weighted by atomic mass is 9.95. The molecule has 2 heterocycles. The molecule has 0 amide bonds. The molecule has 0 saturated carbocycles. The van der Waals surface area contributed by atoms with Crippen molar-refractivity contribution in [3.8, 4) is 17.1 Å². The minimum Gasteiger partial charge on any atom is -0.463 e. The average molecular weight is 338 g/mol. The number of aromatic nitrogens is 4. The highest BCUT2D eigenvalue weighted by Crippen LogP contribution is 2.31. The Morgan fingerprint density at radius 3 is 2.40 bits per heavy atom. The Bertz CT molecular complexity index is 875. The van der Waals surface area contributed by atoms with E-state index in [9.17, 15) is 0 Å². The summed E-state index contributed by atoms with van der Waals surface area (Å²) in [6, 6.07) is 4.91. The molecule has 0 saturated heterocycles. The van der Waals surface area contributed by atoms with Gasteiger partial charge in [0, 0.05) is 5.56 Å². The second kappa shape index (κ2) is 7.21. The van der Waals surface area contributed by atoms with E-state index in [1.54, 1.807) is 4.52 Å². The normalized spacial score (nSPS) is 11.2. The fraction of sp³-hybridized carbons (Fsp3) is 0.450. The SMILES string of the molecule is CCCCCOc1nc(C)nc2c(-c3c(C)cc(C)cc3C)cnn12. The highest BCUT2D eigenvalue weighted by Gasteiger charge is 2.17. The first kappa shape index (κ1) is 17.4. The Morgan fingerprint density at radius 2 is 1.72 bits per heavy atom. The number of hydrogen-bond acceptors (Lipinski definition) is 4. The lowest BCUT2D eigenvalue weighted by Gasteiger charge is -2.11. The van der Waals surface area contributed by atoms with Crippen LogP contribution < -0.4 is 4.74 Å². The second-order valence-electron chi connectivity index (χ2n) is 6.68. The van der Waals surface area contributed by atoms with E-state index in [0.717, 1.165) is 24.1 Å². The molecule has 0 radical (unpaired) electrons. The Morgan fingerprint density at radius 1 is 1.00 bits per heavy atom. The Balaban J connectivity index is 2.06. The van der Waals surface area contributed by atoms with Crippen LogP contribution in [0.4, 0.5) is 0 Å². The van der Waals surface area contributed by atoms with Crippen LogP contribution in [0.3, 0.4) is 0 Å². The van der Waals surface area contributed by atoms with Crippen LogP contribution in [0.2, 0.25) is 0 Å². The third-order valence-corrected chi connectivity index (χ3v) is 4.38. The molecule has 0 aliphatic heterocycles. The molecule has 5 nitrogen and oxygen atoms in total. The van der Waals surface area contributed by atoms with Gasteiger partial charge in [0.15, 0.2) is 5.65 Å². The molecule has 3 rings (SSSR count). The molecule has 0 N–H and O–H groups in total. The van der Waals surface area contributed by atoms with Crippen LogP contribution in [-0.4, -0.2) is 26.2 Å². The van der Waals surface area contributed by atoms with Gasteiger partial charge in [-0.3, -0.25) is 0 Å². The average Bonchev–Trinajstić information content (AvgIpc) is 2.94. The van der Waals surface area contributed by atoms with Crippen molar-refractivity contribution in [2.24, 2.45) is 0 Å². The highest BCUT2D eigenvalue weighted by atomic mass is 16.5. The number of aryl methyl sites for hydroxylation is 4. The van der Waals surface area contributed by atoms with Gasteiger partial charge in [-0.05, 0) is 50.8 Å². The van der Waals surface area contributed by atoms with E-state index in [0.29, 0.717) is 18.4 Å². The number of fused-ring (bicyclic) bond motifs is 1. The second-order valence-corrected chi connectivity index (χ2v) is 6.68. The van der Waals surface area contributed by atoms with Crippen molar-refractivity contribution in [1.82, 2.24) is 19.6 Å². The van der Waals surface area contributed by atoms with Gasteiger partial charge in [-0.1, -0.05) is 37.5 Å². The van der Waals surface area contributed by atoms with Gasteiger partial charge in [0.1, 0.15) is 5.82 Å². The maximum Gasteiger partial charge on any atom is 0.321 e. The van der Waals surface area contributed by atoms with E-state index in [4.69, 9.17) is 4.74 Å². The van der Waals surface area contributed by atoms with Crippen molar-refractivity contribution in [1.29, 1.82) is 0 Å². The van der Waals surface area contributed by atoms with Crippen molar-refractivity contribution >= 4 is 5.65 Å². The van der Waals surface area contributed by atoms with E-state index >= 15 is 0 Å². The molecule has 0 spiro atoms. The minimum absolute atomic E-state index is 0.521. The van der Waals surface area contributed by atoms with Gasteiger partial charge in [-0.2, -0.15) is 14.6 Å². The molecule has 5 heteroatoms. The molecule has 132 valence electrons. The zero-order chi connectivity index (χ0) is 18.0. The number of rotatable bonds is 6. The lowest BCUT2D eigenvalue weighted by molar-refractivity contribution is 0.273. The molecular weight excluding hydrogens is 312 g/mol. The predicted octanol–water partition coefficient (Wildman–Crippen LogP) is 4.59. The molecule has 25 heavy (non-hydrogen) atoms. The zero-order valence-electron chi connectivity index (χ0n) is 15.8. The first-order chi connectivity index (χ1) is 12.0. The molecule has 0 atom stereocenters.